The van der Waals surface area contributed by atoms with Crippen molar-refractivity contribution in [3.63, 3.8) is 0 Å². The molecular weight excluding hydrogens is 359 g/mol. The molecule has 0 radical (unpaired) electrons. The van der Waals surface area contributed by atoms with Crippen LogP contribution in [0.15, 0.2) is 40.9 Å². The van der Waals surface area contributed by atoms with Crippen LogP contribution in [0.25, 0.3) is 5.57 Å². The highest BCUT2D eigenvalue weighted by atomic mass is 31.0. The number of anilines is 1. The summed E-state index contributed by atoms with van der Waals surface area (Å²) in [5.41, 5.74) is 4.24. The van der Waals surface area contributed by atoms with Crippen LogP contribution in [-0.2, 0) is 6.54 Å². The molecule has 0 saturated heterocycles. The average molecular weight is 382 g/mol. The number of aromatic nitrogens is 3. The Kier molecular flexibility index (Phi) is 6.24. The Hall–Kier alpha value is -2.66. The van der Waals surface area contributed by atoms with Crippen molar-refractivity contribution >= 4 is 32.7 Å². The zero-order chi connectivity index (χ0) is 19.2. The van der Waals surface area contributed by atoms with Crippen molar-refractivity contribution in [2.45, 2.75) is 26.3 Å². The van der Waals surface area contributed by atoms with E-state index in [1.54, 1.807) is 31.6 Å². The van der Waals surface area contributed by atoms with Crippen LogP contribution < -0.4 is 10.6 Å². The van der Waals surface area contributed by atoms with Gasteiger partial charge in [0.15, 0.2) is 0 Å². The van der Waals surface area contributed by atoms with Gasteiger partial charge in [-0.15, -0.1) is 14.3 Å². The van der Waals surface area contributed by atoms with Crippen molar-refractivity contribution in [3.8, 4) is 0 Å². The average Bonchev–Trinajstić information content (AvgIpc) is 3.51. The number of carbonyl (C=O) groups is 1. The minimum Gasteiger partial charge on any atom is -0.332 e. The number of nitrogens with one attached hydrogen (secondary N) is 2. The Morgan fingerprint density at radius 2 is 2.07 bits per heavy atom. The normalized spacial score (nSPS) is 14.8. The predicted octanol–water partition coefficient (Wildman–Crippen LogP) is 3.20. The van der Waals surface area contributed by atoms with E-state index in [0.717, 1.165) is 16.8 Å². The number of amides is 2. The van der Waals surface area contributed by atoms with Gasteiger partial charge in [-0.2, -0.15) is 5.10 Å². The second kappa shape index (κ2) is 8.82. The quantitative estimate of drug-likeness (QED) is 0.593. The van der Waals surface area contributed by atoms with Gasteiger partial charge in [-0.1, -0.05) is 0 Å². The maximum absolute atomic E-state index is 12.0. The predicted molar refractivity (Wildman–Crippen MR) is 111 cm³/mol. The van der Waals surface area contributed by atoms with E-state index < -0.39 is 0 Å². The molecule has 0 spiro atoms. The number of hydrogen-bond donors (Lipinski definition) is 2. The van der Waals surface area contributed by atoms with E-state index in [9.17, 15) is 4.79 Å². The van der Waals surface area contributed by atoms with Crippen molar-refractivity contribution < 1.29 is 4.79 Å². The summed E-state index contributed by atoms with van der Waals surface area (Å²) in [5.74, 6) is 0.599. The van der Waals surface area contributed by atoms with E-state index in [1.807, 2.05) is 19.2 Å². The van der Waals surface area contributed by atoms with Crippen LogP contribution in [-0.4, -0.2) is 34.5 Å². The fraction of sp³-hybridized carbons (Fsp3) is 0.316. The number of carbonyl (C=O) groups excluding carboxylic acids is 1. The zero-order valence-corrected chi connectivity index (χ0v) is 16.6. The summed E-state index contributed by atoms with van der Waals surface area (Å²) in [7, 11) is 4.59. The smallest absolute Gasteiger partial charge is 0.319 e. The van der Waals surface area contributed by atoms with Gasteiger partial charge in [0.05, 0.1) is 17.9 Å². The van der Waals surface area contributed by atoms with Crippen LogP contribution >= 0.6 is 9.24 Å². The van der Waals surface area contributed by atoms with Crippen LogP contribution in [0.4, 0.5) is 10.5 Å². The Bertz CT molecular complexity index is 877. The van der Waals surface area contributed by atoms with Gasteiger partial charge in [0.25, 0.3) is 0 Å². The fourth-order valence-electron chi connectivity index (χ4n) is 2.69. The number of hydrogen-bond acceptors (Lipinski definition) is 5. The number of aliphatic imine (C=N–C) groups is 1. The van der Waals surface area contributed by atoms with Gasteiger partial charge in [0, 0.05) is 36.9 Å². The summed E-state index contributed by atoms with van der Waals surface area (Å²) in [6, 6.07) is 5.09. The largest absolute Gasteiger partial charge is 0.332 e. The van der Waals surface area contributed by atoms with Crippen LogP contribution in [0.5, 0.6) is 0 Å². The van der Waals surface area contributed by atoms with Gasteiger partial charge in [0.1, 0.15) is 0 Å². The molecule has 2 aromatic heterocycles. The molecule has 2 heterocycles. The number of nitrogens with zero attached hydrogens (tertiary/aromatic N) is 4. The lowest BCUT2D eigenvalue weighted by Gasteiger charge is -2.11. The molecule has 1 aliphatic carbocycles. The van der Waals surface area contributed by atoms with Gasteiger partial charge in [-0.25, -0.2) is 4.79 Å². The summed E-state index contributed by atoms with van der Waals surface area (Å²) in [6.07, 6.45) is 7.51. The topological polar surface area (TPSA) is 92.2 Å². The monoisotopic (exact) mass is 382 g/mol. The van der Waals surface area contributed by atoms with Gasteiger partial charge in [0.2, 0.25) is 0 Å². The maximum Gasteiger partial charge on any atom is 0.319 e. The van der Waals surface area contributed by atoms with Crippen molar-refractivity contribution in [1.29, 1.82) is 0 Å². The second-order valence-electron chi connectivity index (χ2n) is 6.44. The Balaban J connectivity index is 1.67. The first-order valence-corrected chi connectivity index (χ1v) is 9.36. The SMILES string of the molecule is CN=CC(=C(P)C1CC1)c1nnc(CNC(=O)Nc2ccncc2)cc1C. The highest BCUT2D eigenvalue weighted by molar-refractivity contribution is 7.23. The summed E-state index contributed by atoms with van der Waals surface area (Å²) in [4.78, 5) is 20.1. The standard InChI is InChI=1S/C19H23N6OP/c1-12-9-15(10-22-19(26)23-14-5-7-21-8-6-14)24-25-17(12)16(11-20-2)18(27)13-3-4-13/h5-9,11,13H,3-4,10,27H2,1-2H3,(H2,21,22,23,26). The van der Waals surface area contributed by atoms with Gasteiger partial charge >= 0.3 is 6.03 Å². The highest BCUT2D eigenvalue weighted by Crippen LogP contribution is 2.43. The molecule has 1 aliphatic rings. The molecule has 8 heteroatoms. The molecule has 0 aromatic carbocycles. The van der Waals surface area contributed by atoms with Crippen LogP contribution in [0.2, 0.25) is 0 Å². The lowest BCUT2D eigenvalue weighted by Crippen LogP contribution is -2.28. The number of rotatable bonds is 6. The Morgan fingerprint density at radius 3 is 2.70 bits per heavy atom. The minimum absolute atomic E-state index is 0.294. The third-order valence-corrected chi connectivity index (χ3v) is 5.03. The Labute approximate surface area is 161 Å². The summed E-state index contributed by atoms with van der Waals surface area (Å²) >= 11 is 0. The van der Waals surface area contributed by atoms with Crippen molar-refractivity contribution in [2.24, 2.45) is 10.9 Å². The number of aryl methyl sites for hydroxylation is 1. The first-order valence-electron chi connectivity index (χ1n) is 8.78. The lowest BCUT2D eigenvalue weighted by atomic mass is 10.1. The number of urea groups is 1. The number of pyridine rings is 1. The van der Waals surface area contributed by atoms with Crippen LogP contribution in [0, 0.1) is 12.8 Å². The zero-order valence-electron chi connectivity index (χ0n) is 15.4. The summed E-state index contributed by atoms with van der Waals surface area (Å²) in [5, 5.41) is 15.4. The van der Waals surface area contributed by atoms with E-state index in [-0.39, 0.29) is 6.03 Å². The molecular formula is C19H23N6OP. The van der Waals surface area contributed by atoms with E-state index in [2.05, 4.69) is 40.0 Å². The van der Waals surface area contributed by atoms with Crippen molar-refractivity contribution in [3.05, 3.63) is 52.9 Å². The fourth-order valence-corrected chi connectivity index (χ4v) is 3.23. The molecule has 1 atom stereocenters. The van der Waals surface area contributed by atoms with Crippen LogP contribution in [0.3, 0.4) is 0 Å². The first-order chi connectivity index (χ1) is 13.1. The molecule has 140 valence electrons. The molecule has 0 bridgehead atoms. The number of allylic oxidation sites excluding steroid dienone is 2. The molecule has 3 rings (SSSR count). The first kappa shape index (κ1) is 19.1. The molecule has 27 heavy (non-hydrogen) atoms. The third-order valence-electron chi connectivity index (χ3n) is 4.24. The highest BCUT2D eigenvalue weighted by Gasteiger charge is 2.26. The molecule has 7 nitrogen and oxygen atoms in total. The minimum atomic E-state index is -0.301. The van der Waals surface area contributed by atoms with Gasteiger partial charge in [-0.3, -0.25) is 9.98 Å². The molecule has 1 fully saturated rings. The van der Waals surface area contributed by atoms with Crippen molar-refractivity contribution in [1.82, 2.24) is 20.5 Å². The van der Waals surface area contributed by atoms with Crippen molar-refractivity contribution in [2.75, 3.05) is 12.4 Å². The van der Waals surface area contributed by atoms with E-state index in [0.29, 0.717) is 23.8 Å². The summed E-state index contributed by atoms with van der Waals surface area (Å²) < 4.78 is 0. The molecule has 2 aromatic rings. The van der Waals surface area contributed by atoms with Gasteiger partial charge in [-0.05, 0) is 54.8 Å². The maximum atomic E-state index is 12.0. The second-order valence-corrected chi connectivity index (χ2v) is 7.06. The molecule has 0 aliphatic heterocycles. The molecule has 2 N–H and O–H groups in total. The van der Waals surface area contributed by atoms with E-state index >= 15 is 0 Å². The Morgan fingerprint density at radius 1 is 1.33 bits per heavy atom. The van der Waals surface area contributed by atoms with E-state index in [4.69, 9.17) is 0 Å². The van der Waals surface area contributed by atoms with E-state index in [1.165, 1.54) is 18.2 Å². The third kappa shape index (κ3) is 5.17. The lowest BCUT2D eigenvalue weighted by molar-refractivity contribution is 0.251. The molecule has 1 unspecified atom stereocenters. The molecule has 2 amide bonds. The van der Waals surface area contributed by atoms with Crippen LogP contribution in [0.1, 0.15) is 29.8 Å². The summed E-state index contributed by atoms with van der Waals surface area (Å²) in [6.45, 7) is 2.29. The molecule has 1 saturated carbocycles. The van der Waals surface area contributed by atoms with Gasteiger partial charge < -0.3 is 10.6 Å².